The number of benzene rings is 1. The van der Waals surface area contributed by atoms with Crippen molar-refractivity contribution in [3.63, 3.8) is 0 Å². The normalized spacial score (nSPS) is 14.9. The van der Waals surface area contributed by atoms with Crippen molar-refractivity contribution < 1.29 is 9.18 Å². The first kappa shape index (κ1) is 19.2. The van der Waals surface area contributed by atoms with Crippen LogP contribution in [0.3, 0.4) is 0 Å². The van der Waals surface area contributed by atoms with E-state index in [4.69, 9.17) is 0 Å². The van der Waals surface area contributed by atoms with Crippen molar-refractivity contribution in [3.8, 4) is 0 Å². The van der Waals surface area contributed by atoms with E-state index < -0.39 is 0 Å². The molecular weight excluding hydrogens is 371 g/mol. The molecule has 0 aliphatic carbocycles. The zero-order chi connectivity index (χ0) is 20.1. The molecule has 1 aliphatic rings. The maximum Gasteiger partial charge on any atom is 0.224 e. The zero-order valence-corrected chi connectivity index (χ0v) is 16.1. The van der Waals surface area contributed by atoms with E-state index >= 15 is 0 Å². The van der Waals surface area contributed by atoms with E-state index in [9.17, 15) is 9.18 Å². The summed E-state index contributed by atoms with van der Waals surface area (Å²) < 4.78 is 14.6. The summed E-state index contributed by atoms with van der Waals surface area (Å²) in [6.45, 7) is 2.00. The van der Waals surface area contributed by atoms with Crippen molar-refractivity contribution >= 4 is 5.91 Å². The fourth-order valence-electron chi connectivity index (χ4n) is 3.70. The molecule has 150 valence electrons. The minimum atomic E-state index is -0.220. The molecule has 29 heavy (non-hydrogen) atoms. The second-order valence-corrected chi connectivity index (χ2v) is 7.37. The molecule has 2 aromatic heterocycles. The van der Waals surface area contributed by atoms with Crippen LogP contribution < -0.4 is 0 Å². The number of hydrogen-bond donors (Lipinski definition) is 0. The maximum absolute atomic E-state index is 13.0. The van der Waals surface area contributed by atoms with Gasteiger partial charge in [0.1, 0.15) is 12.1 Å². The van der Waals surface area contributed by atoms with Crippen molar-refractivity contribution in [2.75, 3.05) is 13.1 Å². The van der Waals surface area contributed by atoms with Crippen LogP contribution in [0.4, 0.5) is 4.39 Å². The number of carbonyl (C=O) groups excluding carboxylic acids is 1. The Hall–Kier alpha value is -3.16. The number of carbonyl (C=O) groups is 1. The van der Waals surface area contributed by atoms with E-state index in [1.807, 2.05) is 11.1 Å². The van der Waals surface area contributed by atoms with Gasteiger partial charge in [-0.25, -0.2) is 9.07 Å². The number of halogens is 1. The first-order valence-electron chi connectivity index (χ1n) is 9.85. The summed E-state index contributed by atoms with van der Waals surface area (Å²) in [5.41, 5.74) is 3.25. The largest absolute Gasteiger partial charge is 0.343 e. The lowest BCUT2D eigenvalue weighted by Gasteiger charge is -2.31. The average molecular weight is 394 g/mol. The Bertz CT molecular complexity index is 919. The van der Waals surface area contributed by atoms with Crippen LogP contribution in [-0.2, 0) is 17.8 Å². The van der Waals surface area contributed by atoms with Gasteiger partial charge in [0.05, 0.1) is 6.54 Å². The molecular formula is C21H23FN6O. The molecule has 4 rings (SSSR count). The fourth-order valence-corrected chi connectivity index (χ4v) is 3.70. The van der Waals surface area contributed by atoms with Gasteiger partial charge in [0, 0.05) is 37.3 Å². The van der Waals surface area contributed by atoms with Crippen LogP contribution in [0.15, 0.2) is 48.9 Å². The van der Waals surface area contributed by atoms with Gasteiger partial charge < -0.3 is 4.90 Å². The van der Waals surface area contributed by atoms with Crippen LogP contribution in [0, 0.1) is 5.82 Å². The molecule has 0 bridgehead atoms. The first-order valence-corrected chi connectivity index (χ1v) is 9.85. The van der Waals surface area contributed by atoms with Gasteiger partial charge in [0.2, 0.25) is 5.91 Å². The minimum Gasteiger partial charge on any atom is -0.343 e. The molecule has 3 heterocycles. The lowest BCUT2D eigenvalue weighted by Crippen LogP contribution is -2.38. The minimum absolute atomic E-state index is 0.140. The third-order valence-corrected chi connectivity index (χ3v) is 5.38. The maximum atomic E-state index is 13.0. The highest BCUT2D eigenvalue weighted by molar-refractivity contribution is 5.76. The quantitative estimate of drug-likeness (QED) is 0.642. The molecule has 7 nitrogen and oxygen atoms in total. The lowest BCUT2D eigenvalue weighted by atomic mass is 9.92. The van der Waals surface area contributed by atoms with Gasteiger partial charge in [-0.3, -0.25) is 9.78 Å². The summed E-state index contributed by atoms with van der Waals surface area (Å²) >= 11 is 0. The number of rotatable bonds is 6. The Morgan fingerprint density at radius 2 is 1.83 bits per heavy atom. The van der Waals surface area contributed by atoms with Crippen LogP contribution in [0.2, 0.25) is 0 Å². The predicted octanol–water partition coefficient (Wildman–Crippen LogP) is 2.59. The predicted molar refractivity (Wildman–Crippen MR) is 104 cm³/mol. The average Bonchev–Trinajstić information content (AvgIpc) is 3.28. The molecule has 3 aromatic rings. The lowest BCUT2D eigenvalue weighted by molar-refractivity contribution is -0.132. The molecule has 0 spiro atoms. The molecule has 1 amide bonds. The van der Waals surface area contributed by atoms with Gasteiger partial charge in [0.15, 0.2) is 0 Å². The van der Waals surface area contributed by atoms with Crippen LogP contribution in [0.25, 0.3) is 0 Å². The Morgan fingerprint density at radius 3 is 2.48 bits per heavy atom. The highest BCUT2D eigenvalue weighted by atomic mass is 19.1. The summed E-state index contributed by atoms with van der Waals surface area (Å²) in [6.07, 6.45) is 6.41. The number of hydrogen-bond acceptors (Lipinski definition) is 5. The van der Waals surface area contributed by atoms with Gasteiger partial charge in [-0.05, 0) is 59.0 Å². The molecule has 8 heteroatoms. The summed E-state index contributed by atoms with van der Waals surface area (Å²) in [5, 5.41) is 10.9. The molecule has 0 radical (unpaired) electrons. The summed E-state index contributed by atoms with van der Waals surface area (Å²) in [7, 11) is 0. The molecule has 1 saturated heterocycles. The molecule has 0 atom stereocenters. The third-order valence-electron chi connectivity index (χ3n) is 5.38. The monoisotopic (exact) mass is 394 g/mol. The van der Waals surface area contributed by atoms with E-state index in [0.29, 0.717) is 18.9 Å². The number of aryl methyl sites for hydroxylation is 1. The van der Waals surface area contributed by atoms with Crippen molar-refractivity contribution in [3.05, 3.63) is 71.6 Å². The molecule has 1 aromatic carbocycles. The highest BCUT2D eigenvalue weighted by Crippen LogP contribution is 2.27. The molecule has 0 unspecified atom stereocenters. The van der Waals surface area contributed by atoms with Crippen molar-refractivity contribution in [1.29, 1.82) is 0 Å². The van der Waals surface area contributed by atoms with Gasteiger partial charge in [-0.1, -0.05) is 18.2 Å². The van der Waals surface area contributed by atoms with Crippen LogP contribution in [-0.4, -0.2) is 49.1 Å². The number of aromatic nitrogens is 5. The van der Waals surface area contributed by atoms with E-state index in [2.05, 4.69) is 32.6 Å². The highest BCUT2D eigenvalue weighted by Gasteiger charge is 2.24. The van der Waals surface area contributed by atoms with Crippen LogP contribution in [0.5, 0.6) is 0 Å². The van der Waals surface area contributed by atoms with E-state index in [0.717, 1.165) is 49.2 Å². The first-order chi connectivity index (χ1) is 14.2. The second kappa shape index (κ2) is 8.89. The Balaban J connectivity index is 1.27. The van der Waals surface area contributed by atoms with Crippen molar-refractivity contribution in [2.45, 2.75) is 38.1 Å². The fraction of sp³-hybridized carbons (Fsp3) is 0.381. The zero-order valence-electron chi connectivity index (χ0n) is 16.1. The Labute approximate surface area is 168 Å². The smallest absolute Gasteiger partial charge is 0.224 e. The van der Waals surface area contributed by atoms with E-state index in [1.54, 1.807) is 16.8 Å². The van der Waals surface area contributed by atoms with Gasteiger partial charge >= 0.3 is 0 Å². The number of tetrazole rings is 1. The number of pyridine rings is 1. The van der Waals surface area contributed by atoms with Crippen molar-refractivity contribution in [1.82, 2.24) is 30.1 Å². The van der Waals surface area contributed by atoms with E-state index in [-0.39, 0.29) is 11.7 Å². The van der Waals surface area contributed by atoms with Crippen LogP contribution in [0.1, 0.15) is 42.0 Å². The molecule has 0 N–H and O–H groups in total. The molecule has 1 aliphatic heterocycles. The number of piperidine rings is 1. The van der Waals surface area contributed by atoms with Crippen LogP contribution >= 0.6 is 0 Å². The van der Waals surface area contributed by atoms with E-state index in [1.165, 1.54) is 18.5 Å². The topological polar surface area (TPSA) is 76.8 Å². The second-order valence-electron chi connectivity index (χ2n) is 7.37. The van der Waals surface area contributed by atoms with Crippen molar-refractivity contribution in [2.24, 2.45) is 0 Å². The SMILES string of the molecule is O=C(CCn1cnnn1)N1CCC(c2ccc(Cc3ccc(F)cc3)cn2)CC1. The number of amides is 1. The molecule has 0 saturated carbocycles. The summed E-state index contributed by atoms with van der Waals surface area (Å²) in [4.78, 5) is 19.0. The Morgan fingerprint density at radius 1 is 1.07 bits per heavy atom. The molecule has 1 fully saturated rings. The standard InChI is InChI=1S/C21H23FN6O/c22-19-4-1-16(2-5-19)13-17-3-6-20(23-14-17)18-7-10-27(11-8-18)21(29)9-12-28-15-24-25-26-28/h1-6,14-15,18H,7-13H2. The number of likely N-dealkylation sites (tertiary alicyclic amines) is 1. The number of nitrogens with zero attached hydrogens (tertiary/aromatic N) is 6. The summed E-state index contributed by atoms with van der Waals surface area (Å²) in [5.74, 6) is 0.294. The third kappa shape index (κ3) is 5.01. The van der Waals surface area contributed by atoms with Gasteiger partial charge in [-0.2, -0.15) is 0 Å². The summed E-state index contributed by atoms with van der Waals surface area (Å²) in [6, 6.07) is 10.7. The Kier molecular flexibility index (Phi) is 5.88. The van der Waals surface area contributed by atoms with Gasteiger partial charge in [-0.15, -0.1) is 5.10 Å². The van der Waals surface area contributed by atoms with Gasteiger partial charge in [0.25, 0.3) is 0 Å².